The van der Waals surface area contributed by atoms with Crippen LogP contribution >= 0.6 is 0 Å². The van der Waals surface area contributed by atoms with Crippen LogP contribution < -0.4 is 10.6 Å². The lowest BCUT2D eigenvalue weighted by Crippen LogP contribution is -2.32. The Bertz CT molecular complexity index is 2080. The van der Waals surface area contributed by atoms with E-state index < -0.39 is 35.9 Å². The highest BCUT2D eigenvalue weighted by molar-refractivity contribution is 6.07. The Balaban J connectivity index is 0.000000689. The van der Waals surface area contributed by atoms with Crippen molar-refractivity contribution in [2.75, 3.05) is 24.5 Å². The quantitative estimate of drug-likeness (QED) is 0.152. The fourth-order valence-corrected chi connectivity index (χ4v) is 6.35. The van der Waals surface area contributed by atoms with Crippen LogP contribution in [0, 0.1) is 0 Å². The van der Waals surface area contributed by atoms with Crippen molar-refractivity contribution in [2.24, 2.45) is 0 Å². The number of aromatic nitrogens is 5. The third-order valence-corrected chi connectivity index (χ3v) is 8.61. The Labute approximate surface area is 286 Å². The first-order valence-electron chi connectivity index (χ1n) is 16.0. The van der Waals surface area contributed by atoms with Crippen LogP contribution in [0.3, 0.4) is 0 Å². The van der Waals surface area contributed by atoms with Crippen molar-refractivity contribution in [3.63, 3.8) is 0 Å². The molecule has 0 spiro atoms. The molecule has 4 heterocycles. The number of halogens is 6. The van der Waals surface area contributed by atoms with Gasteiger partial charge >= 0.3 is 18.0 Å². The molecule has 0 atom stereocenters. The number of hydrogen-bond acceptors (Lipinski definition) is 6. The molecule has 1 amide bonds. The summed E-state index contributed by atoms with van der Waals surface area (Å²) in [5.74, 6) is -0.350. The minimum absolute atomic E-state index is 0.0424. The van der Waals surface area contributed by atoms with E-state index in [-0.39, 0.29) is 35.7 Å². The first-order chi connectivity index (χ1) is 24.3. The summed E-state index contributed by atoms with van der Waals surface area (Å²) < 4.78 is 75.0. The molecule has 0 radical (unpaired) electrons. The Hall–Kier alpha value is -5.51. The van der Waals surface area contributed by atoms with Crippen LogP contribution in [-0.4, -0.2) is 67.9 Å². The fourth-order valence-electron chi connectivity index (χ4n) is 6.35. The number of aldehydes is 1. The Morgan fingerprint density at radius 2 is 1.51 bits per heavy atom. The molecule has 2 aliphatic heterocycles. The molecule has 0 saturated carbocycles. The van der Waals surface area contributed by atoms with Crippen molar-refractivity contribution in [3.8, 4) is 28.2 Å². The predicted octanol–water partition coefficient (Wildman–Crippen LogP) is 6.57. The number of amides is 1. The second-order valence-corrected chi connectivity index (χ2v) is 12.1. The monoisotopic (exact) mass is 711 g/mol. The van der Waals surface area contributed by atoms with Crippen LogP contribution in [0.4, 0.5) is 32.0 Å². The molecule has 1 saturated heterocycles. The number of likely N-dealkylation sites (tertiary alicyclic amines) is 1. The third-order valence-electron chi connectivity index (χ3n) is 8.61. The summed E-state index contributed by atoms with van der Waals surface area (Å²) in [4.78, 5) is 41.0. The molecule has 2 aromatic heterocycles. The van der Waals surface area contributed by atoms with E-state index >= 15 is 0 Å². The zero-order chi connectivity index (χ0) is 36.3. The Morgan fingerprint density at radius 1 is 0.804 bits per heavy atom. The van der Waals surface area contributed by atoms with Crippen molar-refractivity contribution < 1.29 is 35.9 Å². The molecule has 0 unspecified atom stereocenters. The van der Waals surface area contributed by atoms with E-state index in [9.17, 15) is 35.9 Å². The maximum atomic E-state index is 14.2. The number of carbonyl (C=O) groups excluding carboxylic acids is 2. The molecular formula is C35H31F6N7O3. The highest BCUT2D eigenvalue weighted by atomic mass is 19.4. The molecule has 2 N–H and O–H groups in total. The first-order valence-corrected chi connectivity index (χ1v) is 16.0. The molecule has 51 heavy (non-hydrogen) atoms. The van der Waals surface area contributed by atoms with Gasteiger partial charge in [-0.05, 0) is 79.7 Å². The van der Waals surface area contributed by atoms with Crippen molar-refractivity contribution in [2.45, 2.75) is 44.6 Å². The maximum Gasteiger partial charge on any atom is 0.446 e. The van der Waals surface area contributed by atoms with Gasteiger partial charge in [-0.15, -0.1) is 0 Å². The molecule has 266 valence electrons. The molecule has 10 nitrogen and oxygen atoms in total. The molecule has 0 bridgehead atoms. The number of carbonyl (C=O) groups is 2. The van der Waals surface area contributed by atoms with Gasteiger partial charge in [0.05, 0.1) is 5.69 Å². The second-order valence-electron chi connectivity index (χ2n) is 12.1. The lowest BCUT2D eigenvalue weighted by Gasteiger charge is -2.22. The Kier molecular flexibility index (Phi) is 9.96. The maximum absolute atomic E-state index is 14.2. The predicted molar refractivity (Wildman–Crippen MR) is 175 cm³/mol. The summed E-state index contributed by atoms with van der Waals surface area (Å²) in [6.07, 6.45) is -7.65. The average Bonchev–Trinajstić information content (AvgIpc) is 3.85. The minimum atomic E-state index is -4.75. The van der Waals surface area contributed by atoms with E-state index in [2.05, 4.69) is 37.3 Å². The standard InChI is InChI=1S/C33H30F3N7O2.C2HF3O/c34-33(35,36)29-27-11-6-18-42(24-14-12-21(13-15-24)26-10-2-1-7-23(26)20-41-16-3-4-17-41)31(44)28(27)43(40-29)25-9-5-8-22(19-25)30-37-32(45)39-38-30;3-2(4,5)1-6/h1-2,5,7-10,12-15,19H,3-4,6,11,16-18,20H2,(H2,37,38,39,45);1H. The van der Waals surface area contributed by atoms with Gasteiger partial charge in [0.15, 0.2) is 11.5 Å². The summed E-state index contributed by atoms with van der Waals surface area (Å²) in [6, 6.07) is 22.3. The van der Waals surface area contributed by atoms with Crippen molar-refractivity contribution in [1.82, 2.24) is 29.9 Å². The summed E-state index contributed by atoms with van der Waals surface area (Å²) in [5, 5.41) is 10.1. The molecule has 7 rings (SSSR count). The molecule has 1 fully saturated rings. The van der Waals surface area contributed by atoms with Crippen molar-refractivity contribution in [1.29, 1.82) is 0 Å². The van der Waals surface area contributed by atoms with E-state index in [4.69, 9.17) is 4.79 Å². The van der Waals surface area contributed by atoms with Crippen LogP contribution in [0.5, 0.6) is 0 Å². The van der Waals surface area contributed by atoms with Gasteiger partial charge in [-0.3, -0.25) is 19.5 Å². The van der Waals surface area contributed by atoms with Crippen LogP contribution in [0.25, 0.3) is 28.2 Å². The van der Waals surface area contributed by atoms with E-state index in [1.54, 1.807) is 18.2 Å². The lowest BCUT2D eigenvalue weighted by atomic mass is 9.99. The number of rotatable bonds is 6. The number of nitrogens with zero attached hydrogens (tertiary/aromatic N) is 5. The number of alkyl halides is 6. The number of hydrogen-bond donors (Lipinski definition) is 2. The van der Waals surface area contributed by atoms with Crippen LogP contribution in [0.15, 0.2) is 77.6 Å². The zero-order valence-electron chi connectivity index (χ0n) is 26.9. The van der Waals surface area contributed by atoms with Crippen LogP contribution in [-0.2, 0) is 23.9 Å². The number of fused-ring (bicyclic) bond motifs is 1. The SMILES string of the molecule is O=C1c2c(c(C(F)(F)F)nn2-c2cccc(-c3n[nH]c(=O)[nH]3)c2)CCCN1c1ccc(-c2ccccc2CN2CCCC2)cc1.O=CC(F)(F)F. The third kappa shape index (κ3) is 7.95. The summed E-state index contributed by atoms with van der Waals surface area (Å²) in [6.45, 7) is 3.30. The summed E-state index contributed by atoms with van der Waals surface area (Å²) in [7, 11) is 0. The minimum Gasteiger partial charge on any atom is -0.307 e. The molecular weight excluding hydrogens is 680 g/mol. The number of anilines is 1. The van der Waals surface area contributed by atoms with Gasteiger partial charge < -0.3 is 4.90 Å². The van der Waals surface area contributed by atoms with E-state index in [0.717, 1.165) is 35.4 Å². The number of aromatic amines is 2. The molecule has 5 aromatic rings. The summed E-state index contributed by atoms with van der Waals surface area (Å²) in [5.41, 5.74) is 2.79. The molecule has 0 aliphatic carbocycles. The van der Waals surface area contributed by atoms with Gasteiger partial charge in [0, 0.05) is 29.9 Å². The highest BCUT2D eigenvalue weighted by Crippen LogP contribution is 2.37. The van der Waals surface area contributed by atoms with Crippen molar-refractivity contribution >= 4 is 17.9 Å². The van der Waals surface area contributed by atoms with Crippen LogP contribution in [0.2, 0.25) is 0 Å². The molecule has 3 aromatic carbocycles. The van der Waals surface area contributed by atoms with Gasteiger partial charge in [-0.1, -0.05) is 48.5 Å². The summed E-state index contributed by atoms with van der Waals surface area (Å²) >= 11 is 0. The van der Waals surface area contributed by atoms with E-state index in [1.807, 2.05) is 36.4 Å². The average molecular weight is 712 g/mol. The van der Waals surface area contributed by atoms with E-state index in [0.29, 0.717) is 17.7 Å². The first kappa shape index (κ1) is 35.3. The number of H-pyrrole nitrogens is 2. The van der Waals surface area contributed by atoms with Gasteiger partial charge in [-0.2, -0.15) is 36.5 Å². The fraction of sp³-hybridized carbons (Fsp3) is 0.286. The molecule has 2 aliphatic rings. The Morgan fingerprint density at radius 3 is 2.16 bits per heavy atom. The highest BCUT2D eigenvalue weighted by Gasteiger charge is 2.42. The van der Waals surface area contributed by atoms with Crippen LogP contribution in [0.1, 0.15) is 46.6 Å². The number of nitrogens with one attached hydrogen (secondary N) is 2. The second kappa shape index (κ2) is 14.4. The van der Waals surface area contributed by atoms with Gasteiger partial charge in [0.1, 0.15) is 5.69 Å². The van der Waals surface area contributed by atoms with Gasteiger partial charge in [0.25, 0.3) is 5.91 Å². The lowest BCUT2D eigenvalue weighted by molar-refractivity contribution is -0.156. The largest absolute Gasteiger partial charge is 0.446 e. The van der Waals surface area contributed by atoms with Crippen molar-refractivity contribution in [3.05, 3.63) is 106 Å². The van der Waals surface area contributed by atoms with E-state index in [1.165, 1.54) is 29.4 Å². The number of benzene rings is 3. The molecule has 16 heteroatoms. The normalized spacial score (nSPS) is 15.3. The van der Waals surface area contributed by atoms with Gasteiger partial charge in [-0.25, -0.2) is 14.6 Å². The topological polar surface area (TPSA) is 120 Å². The smallest absolute Gasteiger partial charge is 0.307 e. The zero-order valence-corrected chi connectivity index (χ0v) is 26.9. The van der Waals surface area contributed by atoms with Gasteiger partial charge in [0.2, 0.25) is 6.29 Å².